The molecular formula is C16H21N3O. The van der Waals surface area contributed by atoms with Gasteiger partial charge in [-0.2, -0.15) is 0 Å². The number of carbonyl (C=O) groups excluding carboxylic acids is 1. The number of aromatic nitrogens is 2. The number of imidazole rings is 1. The lowest BCUT2D eigenvalue weighted by atomic mass is 9.95. The number of hydrogen-bond acceptors (Lipinski definition) is 2. The zero-order valence-electron chi connectivity index (χ0n) is 11.9. The fraction of sp³-hybridized carbons (Fsp3) is 0.500. The lowest BCUT2D eigenvalue weighted by Gasteiger charge is -2.22. The molecule has 1 amide bonds. The Balaban J connectivity index is 1.64. The second-order valence-electron chi connectivity index (χ2n) is 5.78. The molecule has 0 saturated heterocycles. The van der Waals surface area contributed by atoms with E-state index < -0.39 is 0 Å². The summed E-state index contributed by atoms with van der Waals surface area (Å²) in [6.07, 6.45) is 10.3. The van der Waals surface area contributed by atoms with E-state index in [-0.39, 0.29) is 5.91 Å². The Morgan fingerprint density at radius 3 is 3.00 bits per heavy atom. The van der Waals surface area contributed by atoms with Gasteiger partial charge in [0.1, 0.15) is 5.65 Å². The van der Waals surface area contributed by atoms with Crippen molar-refractivity contribution in [3.8, 4) is 0 Å². The summed E-state index contributed by atoms with van der Waals surface area (Å²) >= 11 is 0. The van der Waals surface area contributed by atoms with Gasteiger partial charge in [0.2, 0.25) is 5.91 Å². The quantitative estimate of drug-likeness (QED) is 0.932. The third-order valence-corrected chi connectivity index (χ3v) is 3.98. The molecule has 2 aromatic heterocycles. The Kier molecular flexibility index (Phi) is 3.72. The van der Waals surface area contributed by atoms with Gasteiger partial charge >= 0.3 is 0 Å². The fourth-order valence-electron chi connectivity index (χ4n) is 2.91. The highest BCUT2D eigenvalue weighted by Gasteiger charge is 2.16. The molecule has 4 heteroatoms. The van der Waals surface area contributed by atoms with E-state index in [4.69, 9.17) is 0 Å². The molecule has 20 heavy (non-hydrogen) atoms. The van der Waals surface area contributed by atoms with Crippen molar-refractivity contribution in [3.05, 3.63) is 35.8 Å². The summed E-state index contributed by atoms with van der Waals surface area (Å²) in [6.45, 7) is 2.05. The van der Waals surface area contributed by atoms with E-state index in [1.807, 2.05) is 35.9 Å². The van der Waals surface area contributed by atoms with Crippen molar-refractivity contribution in [1.82, 2.24) is 14.7 Å². The van der Waals surface area contributed by atoms with Gasteiger partial charge < -0.3 is 9.72 Å². The van der Waals surface area contributed by atoms with Crippen LogP contribution in [0.3, 0.4) is 0 Å². The van der Waals surface area contributed by atoms with Crippen molar-refractivity contribution in [3.63, 3.8) is 0 Å². The van der Waals surface area contributed by atoms with E-state index >= 15 is 0 Å². The molecule has 2 heterocycles. The van der Waals surface area contributed by atoms with Crippen molar-refractivity contribution in [2.75, 3.05) is 0 Å². The topological polar surface area (TPSA) is 46.4 Å². The Labute approximate surface area is 119 Å². The van der Waals surface area contributed by atoms with E-state index in [0.717, 1.165) is 24.2 Å². The van der Waals surface area contributed by atoms with Crippen LogP contribution in [-0.4, -0.2) is 21.3 Å². The number of hydrogen-bond donors (Lipinski definition) is 1. The second kappa shape index (κ2) is 5.65. The normalized spacial score (nSPS) is 16.4. The van der Waals surface area contributed by atoms with Crippen LogP contribution in [0.25, 0.3) is 5.65 Å². The standard InChI is InChI=1S/C16H21N3O/c1-12-7-8-19-11-14(17-15(19)9-12)10-16(20)18-13-5-3-2-4-6-13/h7-9,11,13H,2-6,10H2,1H3,(H,18,20). The molecule has 1 aliphatic rings. The summed E-state index contributed by atoms with van der Waals surface area (Å²) < 4.78 is 1.97. The molecule has 1 N–H and O–H groups in total. The van der Waals surface area contributed by atoms with E-state index in [1.165, 1.54) is 24.8 Å². The number of carbonyl (C=O) groups is 1. The second-order valence-corrected chi connectivity index (χ2v) is 5.78. The molecule has 3 rings (SSSR count). The van der Waals surface area contributed by atoms with Gasteiger partial charge in [-0.25, -0.2) is 4.98 Å². The van der Waals surface area contributed by atoms with Crippen LogP contribution >= 0.6 is 0 Å². The van der Waals surface area contributed by atoms with E-state index in [0.29, 0.717) is 12.5 Å². The minimum atomic E-state index is 0.0945. The van der Waals surface area contributed by atoms with E-state index in [2.05, 4.69) is 10.3 Å². The lowest BCUT2D eigenvalue weighted by molar-refractivity contribution is -0.121. The highest BCUT2D eigenvalue weighted by Crippen LogP contribution is 2.17. The summed E-state index contributed by atoms with van der Waals surface area (Å²) in [5.41, 5.74) is 2.93. The van der Waals surface area contributed by atoms with Crippen LogP contribution in [0.5, 0.6) is 0 Å². The van der Waals surface area contributed by atoms with Gasteiger partial charge in [-0.3, -0.25) is 4.79 Å². The van der Waals surface area contributed by atoms with Gasteiger partial charge in [0, 0.05) is 18.4 Å². The third-order valence-electron chi connectivity index (χ3n) is 3.98. The molecule has 2 aromatic rings. The van der Waals surface area contributed by atoms with Crippen LogP contribution in [0.2, 0.25) is 0 Å². The zero-order valence-corrected chi connectivity index (χ0v) is 11.9. The Hall–Kier alpha value is -1.84. The summed E-state index contributed by atoms with van der Waals surface area (Å²) in [5, 5.41) is 3.13. The van der Waals surface area contributed by atoms with E-state index in [1.54, 1.807) is 0 Å². The maximum atomic E-state index is 12.1. The first-order valence-corrected chi connectivity index (χ1v) is 7.44. The van der Waals surface area contributed by atoms with Crippen molar-refractivity contribution in [2.24, 2.45) is 0 Å². The zero-order chi connectivity index (χ0) is 13.9. The first kappa shape index (κ1) is 13.2. The summed E-state index contributed by atoms with van der Waals surface area (Å²) in [5.74, 6) is 0.0945. The molecule has 1 saturated carbocycles. The molecule has 1 aliphatic carbocycles. The molecule has 4 nitrogen and oxygen atoms in total. The van der Waals surface area contributed by atoms with Crippen LogP contribution in [0.15, 0.2) is 24.5 Å². The van der Waals surface area contributed by atoms with Crippen LogP contribution in [-0.2, 0) is 11.2 Å². The molecule has 0 aliphatic heterocycles. The van der Waals surface area contributed by atoms with Crippen molar-refractivity contribution >= 4 is 11.6 Å². The van der Waals surface area contributed by atoms with Gasteiger partial charge in [0.05, 0.1) is 12.1 Å². The first-order chi connectivity index (χ1) is 9.70. The van der Waals surface area contributed by atoms with Crippen LogP contribution in [0, 0.1) is 6.92 Å². The predicted molar refractivity (Wildman–Crippen MR) is 78.6 cm³/mol. The van der Waals surface area contributed by atoms with Gasteiger partial charge in [0.15, 0.2) is 0 Å². The number of amides is 1. The highest BCUT2D eigenvalue weighted by atomic mass is 16.1. The number of nitrogens with zero attached hydrogens (tertiary/aromatic N) is 2. The van der Waals surface area contributed by atoms with Gasteiger partial charge in [-0.15, -0.1) is 0 Å². The number of fused-ring (bicyclic) bond motifs is 1. The predicted octanol–water partition coefficient (Wildman–Crippen LogP) is 2.63. The van der Waals surface area contributed by atoms with Crippen molar-refractivity contribution < 1.29 is 4.79 Å². The molecule has 0 spiro atoms. The van der Waals surface area contributed by atoms with Crippen molar-refractivity contribution in [1.29, 1.82) is 0 Å². The SMILES string of the molecule is Cc1ccn2cc(CC(=O)NC3CCCCC3)nc2c1. The van der Waals surface area contributed by atoms with E-state index in [9.17, 15) is 4.79 Å². The third kappa shape index (κ3) is 3.00. The molecule has 0 atom stereocenters. The number of nitrogens with one attached hydrogen (secondary N) is 1. The molecular weight excluding hydrogens is 250 g/mol. The monoisotopic (exact) mass is 271 g/mol. The number of pyridine rings is 1. The summed E-state index contributed by atoms with van der Waals surface area (Å²) in [7, 11) is 0. The fourth-order valence-corrected chi connectivity index (χ4v) is 2.91. The minimum Gasteiger partial charge on any atom is -0.353 e. The number of aryl methyl sites for hydroxylation is 1. The molecule has 0 aromatic carbocycles. The molecule has 0 unspecified atom stereocenters. The van der Waals surface area contributed by atoms with Gasteiger partial charge in [-0.05, 0) is 37.5 Å². The van der Waals surface area contributed by atoms with Gasteiger partial charge in [-0.1, -0.05) is 19.3 Å². The summed E-state index contributed by atoms with van der Waals surface area (Å²) in [6, 6.07) is 4.44. The molecule has 0 radical (unpaired) electrons. The van der Waals surface area contributed by atoms with Crippen LogP contribution in [0.1, 0.15) is 43.4 Å². The smallest absolute Gasteiger partial charge is 0.226 e. The lowest BCUT2D eigenvalue weighted by Crippen LogP contribution is -2.37. The molecule has 0 bridgehead atoms. The van der Waals surface area contributed by atoms with Crippen LogP contribution in [0.4, 0.5) is 0 Å². The Morgan fingerprint density at radius 2 is 2.20 bits per heavy atom. The average molecular weight is 271 g/mol. The first-order valence-electron chi connectivity index (χ1n) is 7.44. The summed E-state index contributed by atoms with van der Waals surface area (Å²) in [4.78, 5) is 16.6. The van der Waals surface area contributed by atoms with Gasteiger partial charge in [0.25, 0.3) is 0 Å². The molecule has 1 fully saturated rings. The Morgan fingerprint density at radius 1 is 1.40 bits per heavy atom. The maximum absolute atomic E-state index is 12.1. The number of rotatable bonds is 3. The highest BCUT2D eigenvalue weighted by molar-refractivity contribution is 5.78. The molecule has 106 valence electrons. The maximum Gasteiger partial charge on any atom is 0.226 e. The van der Waals surface area contributed by atoms with Crippen LogP contribution < -0.4 is 5.32 Å². The average Bonchev–Trinajstić information content (AvgIpc) is 2.80. The largest absolute Gasteiger partial charge is 0.353 e. The minimum absolute atomic E-state index is 0.0945. The van der Waals surface area contributed by atoms with Crippen molar-refractivity contribution in [2.45, 2.75) is 51.5 Å². The Bertz CT molecular complexity index is 611.